The number of aliphatic carboxylic acids is 1. The van der Waals surface area contributed by atoms with E-state index in [0.717, 1.165) is 0 Å². The number of carboxylic acids is 1. The van der Waals surface area contributed by atoms with Gasteiger partial charge >= 0.3 is 16.4 Å². The topological polar surface area (TPSA) is 213 Å². The molecule has 0 aliphatic rings. The van der Waals surface area contributed by atoms with Crippen LogP contribution in [0.4, 0.5) is 0 Å². The van der Waals surface area contributed by atoms with Crippen molar-refractivity contribution in [2.75, 3.05) is 6.61 Å². The molecular weight excluding hydrogens is 411 g/mol. The average Bonchev–Trinajstić information content (AvgIpc) is 2.22. The Morgan fingerprint density at radius 1 is 0.950 bits per heavy atom. The molecule has 0 radical (unpaired) electrons. The van der Waals surface area contributed by atoms with Gasteiger partial charge in [0.2, 0.25) is 0 Å². The molecule has 8 N–H and O–H groups in total. The quantitative estimate of drug-likeness (QED) is 0.156. The third-order valence-electron chi connectivity index (χ3n) is 1.51. The Kier molecular flexibility index (Phi) is 18.7. The van der Waals surface area contributed by atoms with Gasteiger partial charge in [0.05, 0.1) is 6.61 Å². The van der Waals surface area contributed by atoms with Crippen LogP contribution in [-0.4, -0.2) is 85.2 Å². The maximum atomic E-state index is 10.1. The second kappa shape index (κ2) is 13.1. The standard InChI is InChI=1S/C6H12O7.H2O4S.2Zn/c7-1-2(8)3(9)4(10)5(11)6(12)13;1-5(2,3)4;;/h2-5,7-11H,1H2,(H,12,13);(H2,1,2,3,4);;/t2-,3-,4+,5-;;;/m1.../s1. The first-order valence-corrected chi connectivity index (χ1v) is 5.57. The van der Waals surface area contributed by atoms with Gasteiger partial charge in [-0.25, -0.2) is 4.79 Å². The van der Waals surface area contributed by atoms with Gasteiger partial charge in [-0.15, -0.1) is 0 Å². The van der Waals surface area contributed by atoms with Crippen LogP contribution in [0.3, 0.4) is 0 Å². The molecule has 0 aromatic carbocycles. The molecule has 114 valence electrons. The van der Waals surface area contributed by atoms with Crippen molar-refractivity contribution < 1.29 is 91.9 Å². The van der Waals surface area contributed by atoms with Crippen LogP contribution in [0.25, 0.3) is 0 Å². The molecule has 0 aliphatic carbocycles. The largest absolute Gasteiger partial charge is 0.479 e. The fourth-order valence-corrected chi connectivity index (χ4v) is 0.668. The molecule has 20 heavy (non-hydrogen) atoms. The molecule has 11 nitrogen and oxygen atoms in total. The van der Waals surface area contributed by atoms with Gasteiger partial charge < -0.3 is 30.6 Å². The molecule has 0 unspecified atom stereocenters. The summed E-state index contributed by atoms with van der Waals surface area (Å²) in [4.78, 5) is 10.1. The van der Waals surface area contributed by atoms with Crippen molar-refractivity contribution in [2.24, 2.45) is 0 Å². The Balaban J connectivity index is -0.000000158. The molecule has 0 spiro atoms. The van der Waals surface area contributed by atoms with Crippen LogP contribution in [0.1, 0.15) is 0 Å². The molecule has 0 aromatic heterocycles. The van der Waals surface area contributed by atoms with Gasteiger partial charge in [0.1, 0.15) is 18.3 Å². The third-order valence-corrected chi connectivity index (χ3v) is 1.51. The van der Waals surface area contributed by atoms with Gasteiger partial charge in [0.15, 0.2) is 6.10 Å². The van der Waals surface area contributed by atoms with E-state index in [-0.39, 0.29) is 39.0 Å². The number of aliphatic hydroxyl groups excluding tert-OH is 5. The zero-order valence-corrected chi connectivity index (χ0v) is 16.9. The smallest absolute Gasteiger partial charge is 0.394 e. The minimum Gasteiger partial charge on any atom is -0.479 e. The molecule has 0 amide bonds. The third kappa shape index (κ3) is 16.4. The van der Waals surface area contributed by atoms with Crippen molar-refractivity contribution in [1.29, 1.82) is 0 Å². The first-order chi connectivity index (χ1) is 7.91. The summed E-state index contributed by atoms with van der Waals surface area (Å²) in [5.74, 6) is -1.73. The molecule has 0 saturated heterocycles. The van der Waals surface area contributed by atoms with E-state index in [4.69, 9.17) is 48.2 Å². The van der Waals surface area contributed by atoms with E-state index in [1.165, 1.54) is 0 Å². The van der Waals surface area contributed by atoms with Crippen LogP contribution in [0.2, 0.25) is 0 Å². The average molecular weight is 425 g/mol. The predicted molar refractivity (Wildman–Crippen MR) is 52.9 cm³/mol. The number of aliphatic hydroxyl groups is 5. The van der Waals surface area contributed by atoms with Gasteiger partial charge in [-0.1, -0.05) is 0 Å². The van der Waals surface area contributed by atoms with Crippen molar-refractivity contribution in [2.45, 2.75) is 24.4 Å². The number of rotatable bonds is 5. The second-order valence-corrected chi connectivity index (χ2v) is 3.86. The Morgan fingerprint density at radius 2 is 1.25 bits per heavy atom. The van der Waals surface area contributed by atoms with Gasteiger partial charge in [0, 0.05) is 39.0 Å². The summed E-state index contributed by atoms with van der Waals surface area (Å²) >= 11 is 0. The Morgan fingerprint density at radius 3 is 1.45 bits per heavy atom. The first kappa shape index (κ1) is 28.5. The van der Waals surface area contributed by atoms with Crippen LogP contribution in [0, 0.1) is 0 Å². The molecule has 0 heterocycles. The summed E-state index contributed by atoms with van der Waals surface area (Å²) in [5, 5.41) is 51.8. The molecule has 0 bridgehead atoms. The van der Waals surface area contributed by atoms with Crippen LogP contribution in [0.5, 0.6) is 0 Å². The molecule has 0 fully saturated rings. The van der Waals surface area contributed by atoms with Gasteiger partial charge in [-0.3, -0.25) is 9.11 Å². The second-order valence-electron chi connectivity index (χ2n) is 2.96. The normalized spacial score (nSPS) is 16.1. The Hall–Kier alpha value is 0.387. The van der Waals surface area contributed by atoms with E-state index in [1.807, 2.05) is 0 Å². The monoisotopic (exact) mass is 422 g/mol. The van der Waals surface area contributed by atoms with Crippen LogP contribution in [0.15, 0.2) is 0 Å². The number of hydrogen-bond acceptors (Lipinski definition) is 8. The fraction of sp³-hybridized carbons (Fsp3) is 0.833. The molecule has 14 heteroatoms. The molecule has 4 atom stereocenters. The molecule has 0 saturated carbocycles. The zero-order valence-electron chi connectivity index (χ0n) is 10.1. The van der Waals surface area contributed by atoms with Crippen molar-refractivity contribution in [3.63, 3.8) is 0 Å². The SMILES string of the molecule is O=C(O)[C@H](O)[C@@H](O)[C@H](O)[C@H](O)CO.O=S(=O)(O)O.[Zn].[Zn]. The maximum absolute atomic E-state index is 10.1. The molecular formula is C6H14O11SZn2. The van der Waals surface area contributed by atoms with Crippen LogP contribution in [-0.2, 0) is 54.1 Å². The summed E-state index contributed by atoms with van der Waals surface area (Å²) in [6, 6.07) is 0. The number of carbonyl (C=O) groups is 1. The minimum absolute atomic E-state index is 0. The van der Waals surface area contributed by atoms with Crippen molar-refractivity contribution in [1.82, 2.24) is 0 Å². The molecule has 0 rings (SSSR count). The predicted octanol–water partition coefficient (Wildman–Crippen LogP) is -4.15. The van der Waals surface area contributed by atoms with Gasteiger partial charge in [-0.2, -0.15) is 8.42 Å². The first-order valence-electron chi connectivity index (χ1n) is 4.17. The van der Waals surface area contributed by atoms with E-state index in [1.54, 1.807) is 0 Å². The van der Waals surface area contributed by atoms with Gasteiger partial charge in [-0.05, 0) is 0 Å². The summed E-state index contributed by atoms with van der Waals surface area (Å²) in [6.07, 6.45) is -7.84. The number of carboxylic acid groups (broad SMARTS) is 1. The maximum Gasteiger partial charge on any atom is 0.394 e. The van der Waals surface area contributed by atoms with Crippen molar-refractivity contribution in [3.05, 3.63) is 0 Å². The Labute approximate surface area is 139 Å². The Bertz CT molecular complexity index is 339. The summed E-state index contributed by atoms with van der Waals surface area (Å²) in [5.41, 5.74) is 0. The van der Waals surface area contributed by atoms with E-state index in [2.05, 4.69) is 0 Å². The van der Waals surface area contributed by atoms with E-state index in [0.29, 0.717) is 0 Å². The van der Waals surface area contributed by atoms with E-state index >= 15 is 0 Å². The van der Waals surface area contributed by atoms with E-state index < -0.39 is 47.4 Å². The van der Waals surface area contributed by atoms with Crippen LogP contribution >= 0.6 is 0 Å². The van der Waals surface area contributed by atoms with Crippen LogP contribution < -0.4 is 0 Å². The minimum atomic E-state index is -4.67. The number of hydrogen-bond donors (Lipinski definition) is 8. The molecule has 0 aliphatic heterocycles. The van der Waals surface area contributed by atoms with E-state index in [9.17, 15) is 4.79 Å². The molecule has 0 aromatic rings. The summed E-state index contributed by atoms with van der Waals surface area (Å²) < 4.78 is 31.6. The fourth-order valence-electron chi connectivity index (χ4n) is 0.668. The van der Waals surface area contributed by atoms with Crippen molar-refractivity contribution >= 4 is 16.4 Å². The van der Waals surface area contributed by atoms with Crippen molar-refractivity contribution in [3.8, 4) is 0 Å². The van der Waals surface area contributed by atoms with Gasteiger partial charge in [0.25, 0.3) is 0 Å². The summed E-state index contributed by atoms with van der Waals surface area (Å²) in [6.45, 7) is -0.843. The zero-order chi connectivity index (χ0) is 15.1. The summed E-state index contributed by atoms with van der Waals surface area (Å²) in [7, 11) is -4.67.